The van der Waals surface area contributed by atoms with Gasteiger partial charge in [-0.2, -0.15) is 4.31 Å². The molecule has 1 aliphatic heterocycles. The van der Waals surface area contributed by atoms with Gasteiger partial charge in [0.05, 0.1) is 16.4 Å². The van der Waals surface area contributed by atoms with Crippen molar-refractivity contribution >= 4 is 31.5 Å². The van der Waals surface area contributed by atoms with Crippen LogP contribution >= 0.6 is 11.6 Å². The molecule has 8 heteroatoms. The Morgan fingerprint density at radius 3 is 2.14 bits per heavy atom. The van der Waals surface area contributed by atoms with E-state index in [9.17, 15) is 16.8 Å². The van der Waals surface area contributed by atoms with Crippen LogP contribution in [0, 0.1) is 0 Å². The topological polar surface area (TPSA) is 71.5 Å². The van der Waals surface area contributed by atoms with Crippen LogP contribution in [0.4, 0.5) is 0 Å². The molecule has 2 fully saturated rings. The van der Waals surface area contributed by atoms with Crippen molar-refractivity contribution in [1.29, 1.82) is 0 Å². The van der Waals surface area contributed by atoms with Crippen molar-refractivity contribution in [2.24, 2.45) is 0 Å². The first-order chi connectivity index (χ1) is 9.79. The van der Waals surface area contributed by atoms with Gasteiger partial charge in [-0.15, -0.1) is 0 Å². The Bertz CT molecular complexity index is 739. The summed E-state index contributed by atoms with van der Waals surface area (Å²) in [7, 11) is -6.80. The molecule has 0 amide bonds. The molecule has 0 N–H and O–H groups in total. The molecule has 1 aliphatic carbocycles. The van der Waals surface area contributed by atoms with Gasteiger partial charge < -0.3 is 0 Å². The molecule has 0 spiro atoms. The van der Waals surface area contributed by atoms with Crippen LogP contribution in [-0.4, -0.2) is 44.7 Å². The van der Waals surface area contributed by atoms with Crippen LogP contribution in [0.15, 0.2) is 29.2 Å². The lowest BCUT2D eigenvalue weighted by atomic mass is 10.2. The maximum atomic E-state index is 12.8. The van der Waals surface area contributed by atoms with Crippen LogP contribution < -0.4 is 0 Å². The molecule has 1 atom stereocenters. The van der Waals surface area contributed by atoms with Crippen LogP contribution in [0.2, 0.25) is 5.02 Å². The predicted octanol–water partition coefficient (Wildman–Crippen LogP) is 1.68. The second-order valence-corrected chi connectivity index (χ2v) is 10.1. The minimum Gasteiger partial charge on any atom is -0.229 e. The fourth-order valence-electron chi connectivity index (χ4n) is 2.72. The molecule has 116 valence electrons. The first kappa shape index (κ1) is 15.3. The quantitative estimate of drug-likeness (QED) is 0.829. The third kappa shape index (κ3) is 3.11. The highest BCUT2D eigenvalue weighted by molar-refractivity contribution is 7.92. The molecule has 1 saturated carbocycles. The third-order valence-corrected chi connectivity index (χ3v) is 7.89. The summed E-state index contributed by atoms with van der Waals surface area (Å²) in [6, 6.07) is 5.50. The molecule has 0 bridgehead atoms. The molecule has 3 rings (SSSR count). The minimum absolute atomic E-state index is 0.0658. The van der Waals surface area contributed by atoms with E-state index in [2.05, 4.69) is 0 Å². The number of nitrogens with zero attached hydrogens (tertiary/aromatic N) is 1. The Kier molecular flexibility index (Phi) is 3.80. The largest absolute Gasteiger partial charge is 0.243 e. The van der Waals surface area contributed by atoms with Crippen LogP contribution in [0.3, 0.4) is 0 Å². The predicted molar refractivity (Wildman–Crippen MR) is 80.6 cm³/mol. The number of sulfonamides is 1. The van der Waals surface area contributed by atoms with E-state index in [4.69, 9.17) is 11.6 Å². The van der Waals surface area contributed by atoms with Gasteiger partial charge >= 0.3 is 0 Å². The van der Waals surface area contributed by atoms with Gasteiger partial charge in [0.1, 0.15) is 0 Å². The fraction of sp³-hybridized carbons (Fsp3) is 0.538. The standard InChI is InChI=1S/C13H16ClNO4S2/c14-10-1-5-13(6-2-10)21(18,19)15(11-3-4-11)12-7-8-20(16,17)9-12/h1-2,5-6,11-12H,3-4,7-9H2. The van der Waals surface area contributed by atoms with E-state index < -0.39 is 25.9 Å². The Hall–Kier alpha value is -0.630. The summed E-state index contributed by atoms with van der Waals surface area (Å²) < 4.78 is 50.4. The first-order valence-electron chi connectivity index (χ1n) is 6.79. The summed E-state index contributed by atoms with van der Waals surface area (Å²) in [5.74, 6) is -0.00660. The van der Waals surface area contributed by atoms with Gasteiger partial charge in [-0.3, -0.25) is 0 Å². The van der Waals surface area contributed by atoms with Gasteiger partial charge in [0.2, 0.25) is 10.0 Å². The van der Waals surface area contributed by atoms with Crippen LogP contribution in [0.1, 0.15) is 19.3 Å². The number of halogens is 1. The highest BCUT2D eigenvalue weighted by Crippen LogP contribution is 2.37. The highest BCUT2D eigenvalue weighted by Gasteiger charge is 2.46. The molecule has 2 aliphatic rings. The molecule has 5 nitrogen and oxygen atoms in total. The van der Waals surface area contributed by atoms with Crippen molar-refractivity contribution in [3.05, 3.63) is 29.3 Å². The SMILES string of the molecule is O=S1(=O)CCC(N(C2CC2)S(=O)(=O)c2ccc(Cl)cc2)C1. The Labute approximate surface area is 129 Å². The molecular weight excluding hydrogens is 334 g/mol. The first-order valence-corrected chi connectivity index (χ1v) is 10.4. The number of hydrogen-bond donors (Lipinski definition) is 0. The number of rotatable bonds is 4. The van der Waals surface area contributed by atoms with E-state index in [-0.39, 0.29) is 22.4 Å². The van der Waals surface area contributed by atoms with Crippen molar-refractivity contribution in [1.82, 2.24) is 4.31 Å². The van der Waals surface area contributed by atoms with Gasteiger partial charge in [0.25, 0.3) is 0 Å². The average Bonchev–Trinajstić information content (AvgIpc) is 3.14. The van der Waals surface area contributed by atoms with E-state index in [0.29, 0.717) is 11.4 Å². The smallest absolute Gasteiger partial charge is 0.229 e. The molecule has 1 saturated heterocycles. The number of benzene rings is 1. The van der Waals surface area contributed by atoms with E-state index >= 15 is 0 Å². The minimum atomic E-state index is -3.68. The van der Waals surface area contributed by atoms with Crippen molar-refractivity contribution in [2.75, 3.05) is 11.5 Å². The van der Waals surface area contributed by atoms with E-state index in [1.54, 1.807) is 0 Å². The molecule has 1 aromatic rings. The summed E-state index contributed by atoms with van der Waals surface area (Å²) in [4.78, 5) is 0.170. The zero-order valence-electron chi connectivity index (χ0n) is 11.3. The normalized spacial score (nSPS) is 25.3. The van der Waals surface area contributed by atoms with Crippen molar-refractivity contribution in [3.63, 3.8) is 0 Å². The summed E-state index contributed by atoms with van der Waals surface area (Å²) in [5.41, 5.74) is 0. The molecule has 0 aromatic heterocycles. The average molecular weight is 350 g/mol. The van der Waals surface area contributed by atoms with Crippen molar-refractivity contribution in [2.45, 2.75) is 36.2 Å². The maximum Gasteiger partial charge on any atom is 0.243 e. The summed E-state index contributed by atoms with van der Waals surface area (Å²) in [6.45, 7) is 0. The Morgan fingerprint density at radius 1 is 1.05 bits per heavy atom. The van der Waals surface area contributed by atoms with Crippen molar-refractivity contribution in [3.8, 4) is 0 Å². The number of hydrogen-bond acceptors (Lipinski definition) is 4. The van der Waals surface area contributed by atoms with Gasteiger partial charge in [-0.25, -0.2) is 16.8 Å². The summed E-state index contributed by atoms with van der Waals surface area (Å²) in [5, 5.41) is 0.468. The zero-order valence-corrected chi connectivity index (χ0v) is 13.7. The molecule has 1 heterocycles. The molecule has 1 unspecified atom stereocenters. The second kappa shape index (κ2) is 5.22. The zero-order chi connectivity index (χ0) is 15.3. The summed E-state index contributed by atoms with van der Waals surface area (Å²) >= 11 is 5.79. The van der Waals surface area contributed by atoms with E-state index in [1.807, 2.05) is 0 Å². The van der Waals surface area contributed by atoms with Gasteiger partial charge in [0, 0.05) is 17.1 Å². The third-order valence-electron chi connectivity index (χ3n) is 3.86. The Balaban J connectivity index is 1.95. The van der Waals surface area contributed by atoms with Crippen LogP contribution in [0.25, 0.3) is 0 Å². The monoisotopic (exact) mass is 349 g/mol. The van der Waals surface area contributed by atoms with E-state index in [0.717, 1.165) is 12.8 Å². The molecule has 1 aromatic carbocycles. The van der Waals surface area contributed by atoms with Gasteiger partial charge in [0.15, 0.2) is 9.84 Å². The summed E-state index contributed by atoms with van der Waals surface area (Å²) in [6.07, 6.45) is 1.97. The molecule has 21 heavy (non-hydrogen) atoms. The second-order valence-electron chi connectivity index (χ2n) is 5.58. The Morgan fingerprint density at radius 2 is 1.67 bits per heavy atom. The van der Waals surface area contributed by atoms with E-state index in [1.165, 1.54) is 28.6 Å². The van der Waals surface area contributed by atoms with Crippen LogP contribution in [0.5, 0.6) is 0 Å². The van der Waals surface area contributed by atoms with Gasteiger partial charge in [-0.1, -0.05) is 11.6 Å². The van der Waals surface area contributed by atoms with Gasteiger partial charge in [-0.05, 0) is 43.5 Å². The van der Waals surface area contributed by atoms with Crippen LogP contribution in [-0.2, 0) is 19.9 Å². The van der Waals surface area contributed by atoms with Crippen molar-refractivity contribution < 1.29 is 16.8 Å². The fourth-order valence-corrected chi connectivity index (χ4v) is 6.55. The lowest BCUT2D eigenvalue weighted by Gasteiger charge is -2.27. The number of sulfone groups is 1. The lowest BCUT2D eigenvalue weighted by Crippen LogP contribution is -2.42. The highest BCUT2D eigenvalue weighted by atomic mass is 35.5. The molecular formula is C13H16ClNO4S2. The maximum absolute atomic E-state index is 12.8. The molecule has 0 radical (unpaired) electrons. The lowest BCUT2D eigenvalue weighted by molar-refractivity contribution is 0.332.